The summed E-state index contributed by atoms with van der Waals surface area (Å²) in [6, 6.07) is 0. The molecule has 0 rings (SSSR count). The molecule has 0 saturated carbocycles. The number of rotatable bonds is 2. The van der Waals surface area contributed by atoms with Crippen LogP contribution in [0, 0.1) is 0 Å². The van der Waals surface area contributed by atoms with Crippen LogP contribution in [0.15, 0.2) is 5.16 Å². The molecule has 0 bridgehead atoms. The fraction of sp³-hybridized carbons (Fsp3) is 0.333. The van der Waals surface area contributed by atoms with Gasteiger partial charge in [0.2, 0.25) is 0 Å². The first-order valence-electron chi connectivity index (χ1n) is 2.08. The zero-order valence-electron chi connectivity index (χ0n) is 4.50. The molecule has 0 fully saturated rings. The topological polar surface area (TPSA) is 111 Å². The zero-order valence-corrected chi connectivity index (χ0v) is 4.50. The number of nitrogens with zero attached hydrogens (tertiary/aromatic N) is 1. The smallest absolute Gasteiger partial charge is 0.158 e. The van der Waals surface area contributed by atoms with E-state index in [-0.39, 0.29) is 12.4 Å². The maximum absolute atomic E-state index is 9.61. The first kappa shape index (κ1) is 7.54. The van der Waals surface area contributed by atoms with Crippen molar-refractivity contribution in [1.82, 2.24) is 5.32 Å². The second-order valence-electron chi connectivity index (χ2n) is 1.23. The minimum Gasteiger partial charge on any atom is -0.530 e. The minimum atomic E-state index is -1.46. The molecule has 9 heavy (non-hydrogen) atoms. The molecular formula is C3H6N3O3-. The molecule has 0 aliphatic heterocycles. The van der Waals surface area contributed by atoms with Crippen molar-refractivity contribution in [2.45, 2.75) is 0 Å². The van der Waals surface area contributed by atoms with Crippen molar-refractivity contribution in [3.05, 3.63) is 0 Å². The third-order valence-electron chi connectivity index (χ3n) is 0.542. The second-order valence-corrected chi connectivity index (χ2v) is 1.23. The molecule has 0 aliphatic rings. The van der Waals surface area contributed by atoms with Crippen molar-refractivity contribution in [2.75, 3.05) is 6.54 Å². The van der Waals surface area contributed by atoms with Gasteiger partial charge in [0.1, 0.15) is 6.09 Å². The van der Waals surface area contributed by atoms with Crippen LogP contribution in [-0.2, 0) is 0 Å². The zero-order chi connectivity index (χ0) is 7.28. The Labute approximate surface area is 51.0 Å². The fourth-order valence-corrected chi connectivity index (χ4v) is 0.198. The van der Waals surface area contributed by atoms with E-state index in [1.807, 2.05) is 0 Å². The molecule has 52 valence electrons. The molecule has 4 N–H and O–H groups in total. The van der Waals surface area contributed by atoms with Crippen LogP contribution in [0.3, 0.4) is 0 Å². The van der Waals surface area contributed by atoms with E-state index in [4.69, 9.17) is 10.9 Å². The van der Waals surface area contributed by atoms with Crippen LogP contribution in [0.5, 0.6) is 0 Å². The molecule has 0 atom stereocenters. The molecule has 0 aromatic carbocycles. The highest BCUT2D eigenvalue weighted by Crippen LogP contribution is 1.60. The third-order valence-corrected chi connectivity index (χ3v) is 0.542. The predicted octanol–water partition coefficient (Wildman–Crippen LogP) is -2.33. The number of hydrogen-bond acceptors (Lipinski definition) is 4. The van der Waals surface area contributed by atoms with E-state index in [0.717, 1.165) is 0 Å². The Bertz CT molecular complexity index is 132. The number of hydrogen-bond donors (Lipinski definition) is 3. The molecule has 0 unspecified atom stereocenters. The molecule has 0 radical (unpaired) electrons. The number of amides is 1. The quantitative estimate of drug-likeness (QED) is 0.169. The summed E-state index contributed by atoms with van der Waals surface area (Å²) in [5.74, 6) is -0.209. The summed E-state index contributed by atoms with van der Waals surface area (Å²) in [5, 5.41) is 21.7. The normalized spacial score (nSPS) is 10.9. The number of oxime groups is 1. The van der Waals surface area contributed by atoms with Crippen LogP contribution in [0.4, 0.5) is 4.79 Å². The average Bonchev–Trinajstić information content (AvgIpc) is 1.83. The lowest BCUT2D eigenvalue weighted by Crippen LogP contribution is -2.41. The van der Waals surface area contributed by atoms with Crippen LogP contribution in [0.1, 0.15) is 0 Å². The predicted molar refractivity (Wildman–Crippen MR) is 26.8 cm³/mol. The molecule has 0 spiro atoms. The van der Waals surface area contributed by atoms with Gasteiger partial charge in [-0.05, 0) is 0 Å². The Morgan fingerprint density at radius 3 is 2.78 bits per heavy atom. The molecular weight excluding hydrogens is 126 g/mol. The Kier molecular flexibility index (Phi) is 2.96. The van der Waals surface area contributed by atoms with E-state index in [0.29, 0.717) is 0 Å². The van der Waals surface area contributed by atoms with Crippen molar-refractivity contribution in [2.24, 2.45) is 10.9 Å². The van der Waals surface area contributed by atoms with E-state index >= 15 is 0 Å². The van der Waals surface area contributed by atoms with Gasteiger partial charge < -0.3 is 26.2 Å². The van der Waals surface area contributed by atoms with Crippen molar-refractivity contribution in [3.63, 3.8) is 0 Å². The minimum absolute atomic E-state index is 0.209. The van der Waals surface area contributed by atoms with Gasteiger partial charge in [0, 0.05) is 0 Å². The van der Waals surface area contributed by atoms with Gasteiger partial charge in [0.25, 0.3) is 0 Å². The highest BCUT2D eigenvalue weighted by molar-refractivity contribution is 5.84. The first-order chi connectivity index (χ1) is 4.16. The van der Waals surface area contributed by atoms with Crippen molar-refractivity contribution >= 4 is 11.9 Å². The molecule has 0 aromatic heterocycles. The number of carbonyl (C=O) groups excluding carboxylic acids is 1. The Balaban J connectivity index is 3.39. The van der Waals surface area contributed by atoms with Crippen molar-refractivity contribution < 1.29 is 15.1 Å². The SMILES string of the molecule is NC(CNC(=O)[O-])=NO. The molecule has 6 nitrogen and oxygen atoms in total. The van der Waals surface area contributed by atoms with Crippen LogP contribution in [-0.4, -0.2) is 23.7 Å². The van der Waals surface area contributed by atoms with Gasteiger partial charge in [-0.25, -0.2) is 0 Å². The number of amidine groups is 1. The second kappa shape index (κ2) is 3.53. The summed E-state index contributed by atoms with van der Waals surface area (Å²) in [5.41, 5.74) is 4.87. The maximum atomic E-state index is 9.61. The van der Waals surface area contributed by atoms with E-state index in [1.54, 1.807) is 5.32 Å². The molecule has 0 aliphatic carbocycles. The van der Waals surface area contributed by atoms with Gasteiger partial charge >= 0.3 is 0 Å². The Morgan fingerprint density at radius 2 is 2.44 bits per heavy atom. The standard InChI is InChI=1S/C3H7N3O3/c4-2(6-9)1-5-3(7)8/h5,9H,1H2,(H2,4,6)(H,7,8)/p-1. The Hall–Kier alpha value is -1.46. The average molecular weight is 132 g/mol. The van der Waals surface area contributed by atoms with Gasteiger partial charge in [-0.3, -0.25) is 0 Å². The lowest BCUT2D eigenvalue weighted by molar-refractivity contribution is -0.250. The molecule has 6 heteroatoms. The van der Waals surface area contributed by atoms with Crippen molar-refractivity contribution in [1.29, 1.82) is 0 Å². The molecule has 0 aromatic rings. The third kappa shape index (κ3) is 4.39. The summed E-state index contributed by atoms with van der Waals surface area (Å²) in [6.07, 6.45) is -1.46. The highest BCUT2D eigenvalue weighted by Gasteiger charge is 1.88. The first-order valence-corrected chi connectivity index (χ1v) is 2.08. The summed E-state index contributed by atoms with van der Waals surface area (Å²) in [4.78, 5) is 9.61. The van der Waals surface area contributed by atoms with E-state index < -0.39 is 6.09 Å². The lowest BCUT2D eigenvalue weighted by Gasteiger charge is -2.02. The largest absolute Gasteiger partial charge is 0.530 e. The van der Waals surface area contributed by atoms with Gasteiger partial charge in [0.05, 0.1) is 6.54 Å². The van der Waals surface area contributed by atoms with E-state index in [1.165, 1.54) is 0 Å². The number of carboxylic acid groups (broad SMARTS) is 1. The van der Waals surface area contributed by atoms with Gasteiger partial charge in [0.15, 0.2) is 5.84 Å². The van der Waals surface area contributed by atoms with Crippen molar-refractivity contribution in [3.8, 4) is 0 Å². The molecule has 0 heterocycles. The summed E-state index contributed by atoms with van der Waals surface area (Å²) in [7, 11) is 0. The fourth-order valence-electron chi connectivity index (χ4n) is 0.198. The number of nitrogens with one attached hydrogen (secondary N) is 1. The van der Waals surface area contributed by atoms with Crippen LogP contribution < -0.4 is 16.2 Å². The molecule has 1 amide bonds. The van der Waals surface area contributed by atoms with Crippen LogP contribution in [0.2, 0.25) is 0 Å². The summed E-state index contributed by atoms with van der Waals surface area (Å²) >= 11 is 0. The molecule has 0 saturated heterocycles. The summed E-state index contributed by atoms with van der Waals surface area (Å²) in [6.45, 7) is -0.223. The maximum Gasteiger partial charge on any atom is 0.158 e. The van der Waals surface area contributed by atoms with Crippen LogP contribution >= 0.6 is 0 Å². The Morgan fingerprint density at radius 1 is 1.89 bits per heavy atom. The van der Waals surface area contributed by atoms with Gasteiger partial charge in [-0.2, -0.15) is 0 Å². The number of carbonyl (C=O) groups is 1. The lowest BCUT2D eigenvalue weighted by atomic mass is 10.6. The monoisotopic (exact) mass is 132 g/mol. The summed E-state index contributed by atoms with van der Waals surface area (Å²) < 4.78 is 0. The van der Waals surface area contributed by atoms with E-state index in [2.05, 4.69) is 5.16 Å². The van der Waals surface area contributed by atoms with E-state index in [9.17, 15) is 9.90 Å². The number of nitrogens with two attached hydrogens (primary N) is 1. The van der Waals surface area contributed by atoms with Crippen LogP contribution in [0.25, 0.3) is 0 Å². The van der Waals surface area contributed by atoms with Gasteiger partial charge in [-0.15, -0.1) is 0 Å². The highest BCUT2D eigenvalue weighted by atomic mass is 16.4. The van der Waals surface area contributed by atoms with Gasteiger partial charge in [-0.1, -0.05) is 5.16 Å².